The van der Waals surface area contributed by atoms with Gasteiger partial charge in [0, 0.05) is 6.20 Å². The van der Waals surface area contributed by atoms with Gasteiger partial charge >= 0.3 is 0 Å². The SMILES string of the molecule is Cc1nc2ccccn2c1CNOCC(C)C. The Bertz CT molecular complexity index is 490. The van der Waals surface area contributed by atoms with E-state index in [0.717, 1.165) is 23.6 Å². The average Bonchev–Trinajstić information content (AvgIpc) is 2.60. The van der Waals surface area contributed by atoms with Gasteiger partial charge in [-0.1, -0.05) is 19.9 Å². The predicted octanol–water partition coefficient (Wildman–Crippen LogP) is 2.32. The maximum absolute atomic E-state index is 5.38. The van der Waals surface area contributed by atoms with Crippen LogP contribution >= 0.6 is 0 Å². The van der Waals surface area contributed by atoms with Gasteiger partial charge in [-0.25, -0.2) is 4.98 Å². The first-order valence-electron chi connectivity index (χ1n) is 5.95. The van der Waals surface area contributed by atoms with Gasteiger partial charge in [-0.3, -0.25) is 0 Å². The van der Waals surface area contributed by atoms with Gasteiger partial charge in [0.15, 0.2) is 0 Å². The number of fused-ring (bicyclic) bond motifs is 1. The maximum Gasteiger partial charge on any atom is 0.137 e. The standard InChI is InChI=1S/C13H19N3O/c1-10(2)9-17-14-8-12-11(3)15-13-6-4-5-7-16(12)13/h4-7,10,14H,8-9H2,1-3H3. The molecule has 0 fully saturated rings. The molecule has 0 aliphatic rings. The second kappa shape index (κ2) is 5.29. The van der Waals surface area contributed by atoms with Crippen LogP contribution in [0.3, 0.4) is 0 Å². The molecule has 0 aliphatic heterocycles. The Kier molecular flexibility index (Phi) is 3.76. The van der Waals surface area contributed by atoms with Crippen LogP contribution in [-0.4, -0.2) is 16.0 Å². The van der Waals surface area contributed by atoms with Crippen LogP contribution in [0.2, 0.25) is 0 Å². The summed E-state index contributed by atoms with van der Waals surface area (Å²) < 4.78 is 2.08. The minimum absolute atomic E-state index is 0.533. The van der Waals surface area contributed by atoms with Crippen molar-refractivity contribution in [2.75, 3.05) is 6.61 Å². The van der Waals surface area contributed by atoms with Crippen molar-refractivity contribution in [3.8, 4) is 0 Å². The highest BCUT2D eigenvalue weighted by molar-refractivity contribution is 5.42. The number of rotatable bonds is 5. The van der Waals surface area contributed by atoms with Gasteiger partial charge in [0.2, 0.25) is 0 Å². The van der Waals surface area contributed by atoms with Crippen molar-refractivity contribution in [3.63, 3.8) is 0 Å². The third kappa shape index (κ3) is 2.84. The van der Waals surface area contributed by atoms with Crippen LogP contribution in [0.4, 0.5) is 0 Å². The van der Waals surface area contributed by atoms with E-state index < -0.39 is 0 Å². The molecule has 0 saturated carbocycles. The average molecular weight is 233 g/mol. The minimum Gasteiger partial charge on any atom is -0.302 e. The van der Waals surface area contributed by atoms with Crippen LogP contribution in [0.15, 0.2) is 24.4 Å². The fourth-order valence-corrected chi connectivity index (χ4v) is 1.72. The molecule has 0 atom stereocenters. The highest BCUT2D eigenvalue weighted by Gasteiger charge is 2.07. The van der Waals surface area contributed by atoms with Gasteiger partial charge in [0.25, 0.3) is 0 Å². The van der Waals surface area contributed by atoms with E-state index in [9.17, 15) is 0 Å². The molecule has 2 aromatic rings. The fraction of sp³-hybridized carbons (Fsp3) is 0.462. The zero-order valence-corrected chi connectivity index (χ0v) is 10.6. The number of aryl methyl sites for hydroxylation is 1. The molecule has 2 heterocycles. The molecule has 92 valence electrons. The smallest absolute Gasteiger partial charge is 0.137 e. The van der Waals surface area contributed by atoms with Crippen molar-refractivity contribution in [2.45, 2.75) is 27.3 Å². The molecule has 0 unspecified atom stereocenters. The van der Waals surface area contributed by atoms with E-state index in [1.807, 2.05) is 31.3 Å². The van der Waals surface area contributed by atoms with Crippen molar-refractivity contribution in [2.24, 2.45) is 5.92 Å². The molecule has 17 heavy (non-hydrogen) atoms. The van der Waals surface area contributed by atoms with Crippen molar-refractivity contribution in [3.05, 3.63) is 35.8 Å². The van der Waals surface area contributed by atoms with Crippen molar-refractivity contribution in [1.29, 1.82) is 0 Å². The Morgan fingerprint density at radius 3 is 3.00 bits per heavy atom. The number of hydroxylamine groups is 1. The molecule has 4 heteroatoms. The first kappa shape index (κ1) is 12.1. The minimum atomic E-state index is 0.533. The molecule has 0 bridgehead atoms. The zero-order chi connectivity index (χ0) is 12.3. The largest absolute Gasteiger partial charge is 0.302 e. The summed E-state index contributed by atoms with van der Waals surface area (Å²) in [5.74, 6) is 0.533. The van der Waals surface area contributed by atoms with Crippen LogP contribution in [-0.2, 0) is 11.4 Å². The second-order valence-electron chi connectivity index (χ2n) is 4.60. The summed E-state index contributed by atoms with van der Waals surface area (Å²) in [5.41, 5.74) is 6.15. The van der Waals surface area contributed by atoms with Gasteiger partial charge in [0.05, 0.1) is 24.5 Å². The highest BCUT2D eigenvalue weighted by Crippen LogP contribution is 2.11. The summed E-state index contributed by atoms with van der Waals surface area (Å²) in [5, 5.41) is 0. The summed E-state index contributed by atoms with van der Waals surface area (Å²) in [4.78, 5) is 9.88. The molecule has 0 spiro atoms. The third-order valence-corrected chi connectivity index (χ3v) is 2.59. The van der Waals surface area contributed by atoms with E-state index in [4.69, 9.17) is 4.84 Å². The Morgan fingerprint density at radius 1 is 1.41 bits per heavy atom. The summed E-state index contributed by atoms with van der Waals surface area (Å²) in [7, 11) is 0. The van der Waals surface area contributed by atoms with Crippen LogP contribution < -0.4 is 5.48 Å². The van der Waals surface area contributed by atoms with E-state index in [2.05, 4.69) is 28.7 Å². The lowest BCUT2D eigenvalue weighted by Gasteiger charge is -2.08. The monoisotopic (exact) mass is 233 g/mol. The summed E-state index contributed by atoms with van der Waals surface area (Å²) in [6.07, 6.45) is 2.02. The van der Waals surface area contributed by atoms with Gasteiger partial charge in [0.1, 0.15) is 5.65 Å². The van der Waals surface area contributed by atoms with Gasteiger partial charge in [-0.15, -0.1) is 0 Å². The normalized spacial score (nSPS) is 11.5. The first-order valence-corrected chi connectivity index (χ1v) is 5.95. The first-order chi connectivity index (χ1) is 8.18. The Hall–Kier alpha value is -1.39. The van der Waals surface area contributed by atoms with Gasteiger partial charge in [-0.2, -0.15) is 5.48 Å². The number of hydrogen-bond acceptors (Lipinski definition) is 3. The summed E-state index contributed by atoms with van der Waals surface area (Å²) in [6, 6.07) is 6.01. The van der Waals surface area contributed by atoms with E-state index in [0.29, 0.717) is 12.5 Å². The van der Waals surface area contributed by atoms with E-state index >= 15 is 0 Å². The molecule has 0 radical (unpaired) electrons. The molecule has 1 N–H and O–H groups in total. The van der Waals surface area contributed by atoms with E-state index in [1.165, 1.54) is 0 Å². The van der Waals surface area contributed by atoms with Crippen molar-refractivity contribution >= 4 is 5.65 Å². The summed E-state index contributed by atoms with van der Waals surface area (Å²) in [6.45, 7) is 7.66. The van der Waals surface area contributed by atoms with Crippen LogP contribution in [0.1, 0.15) is 25.2 Å². The zero-order valence-electron chi connectivity index (χ0n) is 10.6. The quantitative estimate of drug-likeness (QED) is 0.636. The molecule has 2 aromatic heterocycles. The molecule has 0 aromatic carbocycles. The molecule has 2 rings (SSSR count). The lowest BCUT2D eigenvalue weighted by Crippen LogP contribution is -2.18. The van der Waals surface area contributed by atoms with E-state index in [1.54, 1.807) is 0 Å². The van der Waals surface area contributed by atoms with Crippen molar-refractivity contribution in [1.82, 2.24) is 14.9 Å². The molecule has 4 nitrogen and oxygen atoms in total. The lowest BCUT2D eigenvalue weighted by molar-refractivity contribution is 0.0188. The van der Waals surface area contributed by atoms with Gasteiger partial charge < -0.3 is 9.24 Å². The highest BCUT2D eigenvalue weighted by atomic mass is 16.6. The predicted molar refractivity (Wildman–Crippen MR) is 67.6 cm³/mol. The number of nitrogens with zero attached hydrogens (tertiary/aromatic N) is 2. The maximum atomic E-state index is 5.38. The number of hydrogen-bond donors (Lipinski definition) is 1. The number of aromatic nitrogens is 2. The number of nitrogens with one attached hydrogen (secondary N) is 1. The van der Waals surface area contributed by atoms with Crippen LogP contribution in [0, 0.1) is 12.8 Å². The Balaban J connectivity index is 2.05. The Morgan fingerprint density at radius 2 is 2.24 bits per heavy atom. The molecule has 0 aliphatic carbocycles. The topological polar surface area (TPSA) is 38.6 Å². The van der Waals surface area contributed by atoms with E-state index in [-0.39, 0.29) is 0 Å². The Labute approximate surface area is 102 Å². The van der Waals surface area contributed by atoms with Crippen LogP contribution in [0.5, 0.6) is 0 Å². The van der Waals surface area contributed by atoms with Crippen molar-refractivity contribution < 1.29 is 4.84 Å². The third-order valence-electron chi connectivity index (χ3n) is 2.59. The molecule has 0 saturated heterocycles. The van der Waals surface area contributed by atoms with Gasteiger partial charge in [-0.05, 0) is 25.0 Å². The number of pyridine rings is 1. The summed E-state index contributed by atoms with van der Waals surface area (Å²) >= 11 is 0. The number of imidazole rings is 1. The molecular weight excluding hydrogens is 214 g/mol. The molecule has 0 amide bonds. The fourth-order valence-electron chi connectivity index (χ4n) is 1.72. The lowest BCUT2D eigenvalue weighted by atomic mass is 10.2. The van der Waals surface area contributed by atoms with Crippen LogP contribution in [0.25, 0.3) is 5.65 Å². The second-order valence-corrected chi connectivity index (χ2v) is 4.60. The molecular formula is C13H19N3O.